The van der Waals surface area contributed by atoms with Crippen molar-refractivity contribution in [2.45, 2.75) is 224 Å². The van der Waals surface area contributed by atoms with E-state index in [1.165, 1.54) is 30.2 Å². The molecule has 0 spiro atoms. The van der Waals surface area contributed by atoms with Crippen molar-refractivity contribution in [1.82, 2.24) is 68.7 Å². The molecule has 1 aliphatic heterocycles. The number of ether oxygens (including phenoxy) is 1. The van der Waals surface area contributed by atoms with Crippen LogP contribution >= 0.6 is 0 Å². The summed E-state index contributed by atoms with van der Waals surface area (Å²) in [6.45, 7) is 11.7. The quantitative estimate of drug-likeness (QED) is 0.00658. The van der Waals surface area contributed by atoms with Gasteiger partial charge in [0.25, 0.3) is 17.3 Å². The molecule has 43 nitrogen and oxygen atoms in total. The van der Waals surface area contributed by atoms with Crippen LogP contribution in [0.15, 0.2) is 112 Å². The van der Waals surface area contributed by atoms with E-state index in [0.717, 1.165) is 19.1 Å². The molecule has 24 N–H and O–H groups in total. The molecule has 0 unspecified atom stereocenters. The Labute approximate surface area is 752 Å². The van der Waals surface area contributed by atoms with Gasteiger partial charge in [-0.05, 0) is 149 Å². The number of unbranched alkanes of at least 4 members (excludes halogenated alkanes) is 2. The molecule has 5 aromatic rings. The Morgan fingerprint density at radius 2 is 1.05 bits per heavy atom. The summed E-state index contributed by atoms with van der Waals surface area (Å²) in [5, 5.41) is 82.1. The van der Waals surface area contributed by atoms with Gasteiger partial charge in [-0.15, -0.1) is 0 Å². The lowest BCUT2D eigenvalue weighted by Gasteiger charge is -2.32. The predicted octanol–water partition coefficient (Wildman–Crippen LogP) is 1.77. The minimum Gasteiger partial charge on any atom is -0.497 e. The number of nitrogens with one attached hydrogen (secondary N) is 15. The summed E-state index contributed by atoms with van der Waals surface area (Å²) in [4.78, 5) is 218. The van der Waals surface area contributed by atoms with Crippen LogP contribution in [-0.2, 0) is 81.6 Å². The molecule has 1 aromatic heterocycles. The van der Waals surface area contributed by atoms with Gasteiger partial charge >= 0.3 is 5.63 Å². The lowest BCUT2D eigenvalue weighted by molar-refractivity contribution is -0.393. The van der Waals surface area contributed by atoms with Crippen molar-refractivity contribution in [1.29, 1.82) is 10.8 Å². The lowest BCUT2D eigenvalue weighted by atomic mass is 9.96. The third-order valence-electron chi connectivity index (χ3n) is 21.1. The van der Waals surface area contributed by atoms with Gasteiger partial charge in [0.1, 0.15) is 77.4 Å². The van der Waals surface area contributed by atoms with Crippen molar-refractivity contribution in [3.05, 3.63) is 150 Å². The second-order valence-corrected chi connectivity index (χ2v) is 32.5. The van der Waals surface area contributed by atoms with E-state index >= 15 is 19.2 Å². The number of carbonyl (C=O) groups excluding carboxylic acids is 12. The number of nitro benzene ring substituents is 2. The molecule has 1 aliphatic rings. The van der Waals surface area contributed by atoms with Crippen LogP contribution in [0.4, 0.5) is 17.1 Å². The molecule has 0 bridgehead atoms. The molecular weight excluding hydrogens is 1690 g/mol. The summed E-state index contributed by atoms with van der Waals surface area (Å²) >= 11 is 0. The van der Waals surface area contributed by atoms with E-state index < -0.39 is 183 Å². The summed E-state index contributed by atoms with van der Waals surface area (Å²) in [5.74, 6) is -11.9. The van der Waals surface area contributed by atoms with Crippen LogP contribution in [0, 0.1) is 48.8 Å². The first-order valence-electron chi connectivity index (χ1n) is 43.2. The Kier molecular flexibility index (Phi) is 45.1. The number of benzene rings is 4. The minimum atomic E-state index is -1.52. The van der Waals surface area contributed by atoms with Gasteiger partial charge in [0, 0.05) is 69.5 Å². The average Bonchev–Trinajstić information content (AvgIpc) is 1.45. The molecular formula is C87H126N22O21. The van der Waals surface area contributed by atoms with E-state index in [1.807, 2.05) is 0 Å². The van der Waals surface area contributed by atoms with Crippen LogP contribution in [0.2, 0.25) is 0 Å². The number of carboxylic acids is 1. The number of amides is 12. The Balaban J connectivity index is 0.00000732. The highest BCUT2D eigenvalue weighted by molar-refractivity contribution is 6.00. The predicted molar refractivity (Wildman–Crippen MR) is 482 cm³/mol. The molecule has 710 valence electrons. The zero-order valence-electron chi connectivity index (χ0n) is 74.6. The van der Waals surface area contributed by atoms with E-state index in [4.69, 9.17) is 52.8 Å². The Hall–Kier alpha value is -13.9. The maximum Gasteiger partial charge on any atom is 0.336 e. The number of aliphatic carboxylic acids is 1. The van der Waals surface area contributed by atoms with Gasteiger partial charge in [0.05, 0.1) is 36.0 Å². The van der Waals surface area contributed by atoms with Gasteiger partial charge in [-0.3, -0.25) is 93.4 Å². The molecule has 130 heavy (non-hydrogen) atoms. The molecule has 1 saturated heterocycles. The smallest absolute Gasteiger partial charge is 0.336 e. The first-order chi connectivity index (χ1) is 61.7. The Morgan fingerprint density at radius 1 is 0.562 bits per heavy atom. The SMILES string of the molecule is CC(=O)O.CC[C@H](C)[C@H](NC(=O)[C@@H]1CCCN1C(=O)[C@H](CCCCN)NC(=O)CNC(=O)Cc1cc(=O)oc2cc(OC)ccc12)C(=O)N[C@@H](CC(C)C)C(=O)N[C@@H](Cc1ccccc1)C(=O)N[C@@H](Cc1ccccc1)C(=O)N[C@@H](CCCNC(=N)N)C(=O)N[C@@H](CC(C)C)C(=O)N[C@@H](CCCCNc1ccc([N+](=O)[O-])cc1[N+](=O)[O-])C(=O)N[C@H](CCCNC(=N)N)C(N)=O. The van der Waals surface area contributed by atoms with Gasteiger partial charge in [0.15, 0.2) is 11.9 Å². The van der Waals surface area contributed by atoms with E-state index in [0.29, 0.717) is 53.5 Å². The number of guanidine groups is 2. The fraction of sp³-hybridized carbons (Fsp3) is 0.517. The molecule has 43 heteroatoms. The molecule has 0 radical (unpaired) electrons. The van der Waals surface area contributed by atoms with E-state index in [2.05, 4.69) is 69.1 Å². The second kappa shape index (κ2) is 55.0. The highest BCUT2D eigenvalue weighted by Crippen LogP contribution is 2.30. The number of hydrogen-bond acceptors (Lipinski definition) is 24. The average molecular weight is 1820 g/mol. The van der Waals surface area contributed by atoms with Gasteiger partial charge in [0.2, 0.25) is 70.9 Å². The number of primary amides is 1. The number of carbonyl (C=O) groups is 13. The van der Waals surface area contributed by atoms with Crippen molar-refractivity contribution < 1.29 is 86.4 Å². The maximum atomic E-state index is 15.3. The first-order valence-corrected chi connectivity index (χ1v) is 43.2. The Morgan fingerprint density at radius 3 is 1.55 bits per heavy atom. The van der Waals surface area contributed by atoms with E-state index in [1.54, 1.807) is 114 Å². The number of anilines is 1. The van der Waals surface area contributed by atoms with Crippen molar-refractivity contribution in [3.63, 3.8) is 0 Å². The highest BCUT2D eigenvalue weighted by atomic mass is 16.6. The topological polar surface area (TPSA) is 679 Å². The number of fused-ring (bicyclic) bond motifs is 1. The van der Waals surface area contributed by atoms with Crippen LogP contribution in [0.1, 0.15) is 161 Å². The normalized spacial score (nSPS) is 14.5. The number of hydrogen-bond donors (Lipinski definition) is 20. The fourth-order valence-electron chi connectivity index (χ4n) is 14.3. The summed E-state index contributed by atoms with van der Waals surface area (Å²) in [6, 6.07) is 12.5. The molecule has 0 saturated carbocycles. The molecule has 6 rings (SSSR count). The summed E-state index contributed by atoms with van der Waals surface area (Å²) < 4.78 is 10.5. The number of non-ortho nitro benzene ring substituents is 1. The fourth-order valence-corrected chi connectivity index (χ4v) is 14.3. The maximum absolute atomic E-state index is 15.3. The van der Waals surface area contributed by atoms with E-state index in [9.17, 15) is 63.4 Å². The minimum absolute atomic E-state index is 0.00823. The highest BCUT2D eigenvalue weighted by Gasteiger charge is 2.42. The number of carboxylic acid groups (broad SMARTS) is 1. The Bertz CT molecular complexity index is 4770. The van der Waals surface area contributed by atoms with Crippen LogP contribution in [0.25, 0.3) is 11.0 Å². The zero-order chi connectivity index (χ0) is 96.3. The first kappa shape index (κ1) is 107. The van der Waals surface area contributed by atoms with Crippen LogP contribution < -0.4 is 102 Å². The van der Waals surface area contributed by atoms with E-state index in [-0.39, 0.29) is 152 Å². The van der Waals surface area contributed by atoms with Gasteiger partial charge < -0.3 is 111 Å². The standard InChI is InChI=1S/C85H122N22O19.C2H4O2/c1-8-51(6)73(104-81(118)67-30-21-39-105(67)83(120)62(27-15-17-35-86)96-71(109)48-95-70(108)44-54-45-72(110)126-69-47-56(125-7)32-33-57(54)69)82(119)103-64(41-50(4)5)78(115)101-66(43-53-24-13-10-14-25-53)80(117)102-65(42-52-22-11-9-12-23-52)79(116)99-61(29-20-38-94-85(90)91)76(113)100-63(40-49(2)3)77(114)98-60(75(112)97-59(74(87)111)28-19-37-93-84(88)89)26-16-18-36-92-58-34-31-55(106(121)122)46-68(58)107(123)124;1-2(3)4/h9-14,22-25,31-34,45-47,49-51,59-67,73,92H,8,15-21,26-30,35-44,48,86H2,1-7H3,(H2,87,111)(H,95,108)(H,96,109)(H,97,112)(H,98,114)(H,99,116)(H,100,113)(H,101,115)(H,102,117)(H,103,119)(H,104,118)(H4,88,89,93)(H4,90,91,94);1H3,(H,3,4)/t51-,59+,60-,61-,62-,63-,64-,65-,66-,67-,73-;/m0./s1. The van der Waals surface area contributed by atoms with Gasteiger partial charge in [-0.1, -0.05) is 109 Å². The molecule has 11 atom stereocenters. The van der Waals surface area contributed by atoms with Gasteiger partial charge in [-0.2, -0.15) is 0 Å². The van der Waals surface area contributed by atoms with Crippen molar-refractivity contribution in [2.24, 2.45) is 40.7 Å². The monoisotopic (exact) mass is 1810 g/mol. The van der Waals surface area contributed by atoms with Crippen LogP contribution in [-0.4, -0.2) is 215 Å². The summed E-state index contributed by atoms with van der Waals surface area (Å²) in [6.07, 6.45) is 1.47. The number of rotatable bonds is 54. The third-order valence-corrected chi connectivity index (χ3v) is 21.1. The largest absolute Gasteiger partial charge is 0.497 e. The molecule has 12 amide bonds. The van der Waals surface area contributed by atoms with Crippen molar-refractivity contribution in [2.75, 3.05) is 51.7 Å². The van der Waals surface area contributed by atoms with Gasteiger partial charge in [-0.25, -0.2) is 4.79 Å². The van der Waals surface area contributed by atoms with Crippen molar-refractivity contribution in [3.8, 4) is 5.75 Å². The summed E-state index contributed by atoms with van der Waals surface area (Å²) in [5.41, 5.74) is 22.4. The number of methoxy groups -OCH3 is 1. The molecule has 1 fully saturated rings. The second-order valence-electron chi connectivity index (χ2n) is 32.5. The number of nitro groups is 2. The third kappa shape index (κ3) is 37.2. The zero-order valence-corrected chi connectivity index (χ0v) is 74.6. The molecule has 0 aliphatic carbocycles. The number of likely N-dealkylation sites (tertiary alicyclic amines) is 1. The summed E-state index contributed by atoms with van der Waals surface area (Å²) in [7, 11) is 1.45. The number of nitrogens with zero attached hydrogens (tertiary/aromatic N) is 3. The number of nitrogens with two attached hydrogens (primary N) is 4. The molecule has 4 aromatic carbocycles. The van der Waals surface area contributed by atoms with Crippen LogP contribution in [0.3, 0.4) is 0 Å². The van der Waals surface area contributed by atoms with Crippen molar-refractivity contribution >= 4 is 117 Å². The molecule has 2 heterocycles. The van der Waals surface area contributed by atoms with Crippen LogP contribution in [0.5, 0.6) is 5.75 Å². The lowest BCUT2D eigenvalue weighted by Crippen LogP contribution is -2.61.